The first-order chi connectivity index (χ1) is 7.99. The number of rotatable bonds is 5. The molecule has 98 valence electrons. The molecule has 0 aliphatic heterocycles. The number of carbonyl (C=O) groups excluding carboxylic acids is 1. The van der Waals surface area contributed by atoms with Gasteiger partial charge in [-0.05, 0) is 18.8 Å². The van der Waals surface area contributed by atoms with Crippen molar-refractivity contribution in [3.8, 4) is 0 Å². The molecule has 0 aromatic carbocycles. The van der Waals surface area contributed by atoms with Crippen LogP contribution >= 0.6 is 0 Å². The van der Waals surface area contributed by atoms with Crippen LogP contribution in [0.25, 0.3) is 0 Å². The van der Waals surface area contributed by atoms with Gasteiger partial charge in [-0.2, -0.15) is 0 Å². The smallest absolute Gasteiger partial charge is 0.303 e. The molecule has 4 N–H and O–H groups in total. The normalized spacial score (nSPS) is 26.2. The number of nitrogens with one attached hydrogen (secondary N) is 1. The van der Waals surface area contributed by atoms with Crippen LogP contribution in [0, 0.1) is 5.92 Å². The van der Waals surface area contributed by atoms with Crippen molar-refractivity contribution in [2.75, 3.05) is 0 Å². The molecule has 1 aliphatic rings. The van der Waals surface area contributed by atoms with Gasteiger partial charge in [0.25, 0.3) is 0 Å². The Kier molecular flexibility index (Phi) is 5.41. The lowest BCUT2D eigenvalue weighted by molar-refractivity contribution is -0.138. The second-order valence-electron chi connectivity index (χ2n) is 5.03. The Morgan fingerprint density at radius 3 is 2.59 bits per heavy atom. The van der Waals surface area contributed by atoms with Gasteiger partial charge in [-0.15, -0.1) is 0 Å². The van der Waals surface area contributed by atoms with E-state index in [-0.39, 0.29) is 36.8 Å². The molecule has 5 heteroatoms. The molecule has 1 amide bonds. The Morgan fingerprint density at radius 1 is 1.35 bits per heavy atom. The molecule has 0 saturated heterocycles. The molecule has 3 unspecified atom stereocenters. The number of nitrogens with two attached hydrogens (primary N) is 1. The molecule has 0 radical (unpaired) electrons. The van der Waals surface area contributed by atoms with Gasteiger partial charge in [0.2, 0.25) is 5.91 Å². The van der Waals surface area contributed by atoms with E-state index < -0.39 is 5.97 Å². The number of hydrogen-bond acceptors (Lipinski definition) is 3. The highest BCUT2D eigenvalue weighted by molar-refractivity contribution is 5.77. The van der Waals surface area contributed by atoms with Crippen LogP contribution in [0.1, 0.15) is 45.4 Å². The summed E-state index contributed by atoms with van der Waals surface area (Å²) >= 11 is 0. The number of carboxylic acid groups (broad SMARTS) is 1. The van der Waals surface area contributed by atoms with Crippen molar-refractivity contribution in [2.45, 2.75) is 57.5 Å². The lowest BCUT2D eigenvalue weighted by Gasteiger charge is -2.29. The molecule has 0 bridgehead atoms. The first-order valence-electron chi connectivity index (χ1n) is 6.25. The fraction of sp³-hybridized carbons (Fsp3) is 0.833. The molecule has 5 nitrogen and oxygen atoms in total. The highest BCUT2D eigenvalue weighted by Gasteiger charge is 2.23. The fourth-order valence-electron chi connectivity index (χ4n) is 2.29. The van der Waals surface area contributed by atoms with Crippen molar-refractivity contribution in [3.05, 3.63) is 0 Å². The van der Waals surface area contributed by atoms with Crippen LogP contribution in [0.15, 0.2) is 0 Å². The summed E-state index contributed by atoms with van der Waals surface area (Å²) in [5.74, 6) is -1.08. The monoisotopic (exact) mass is 242 g/mol. The molecule has 0 aromatic rings. The second-order valence-corrected chi connectivity index (χ2v) is 5.03. The lowest BCUT2D eigenvalue weighted by Crippen LogP contribution is -2.49. The summed E-state index contributed by atoms with van der Waals surface area (Å²) in [7, 11) is 0. The Labute approximate surface area is 102 Å². The Balaban J connectivity index is 2.30. The van der Waals surface area contributed by atoms with Crippen LogP contribution in [-0.2, 0) is 9.59 Å². The summed E-state index contributed by atoms with van der Waals surface area (Å²) < 4.78 is 0. The van der Waals surface area contributed by atoms with Gasteiger partial charge in [-0.25, -0.2) is 0 Å². The molecule has 1 aliphatic carbocycles. The molecule has 0 heterocycles. The molecule has 1 saturated carbocycles. The molecule has 0 aromatic heterocycles. The van der Waals surface area contributed by atoms with Gasteiger partial charge in [-0.3, -0.25) is 9.59 Å². The average molecular weight is 242 g/mol. The summed E-state index contributed by atoms with van der Waals surface area (Å²) in [5, 5.41) is 11.5. The quantitative estimate of drug-likeness (QED) is 0.667. The van der Waals surface area contributed by atoms with E-state index in [4.69, 9.17) is 10.8 Å². The van der Waals surface area contributed by atoms with Crippen molar-refractivity contribution in [1.82, 2.24) is 5.32 Å². The van der Waals surface area contributed by atoms with Gasteiger partial charge in [0.15, 0.2) is 0 Å². The summed E-state index contributed by atoms with van der Waals surface area (Å²) in [5.41, 5.74) is 5.93. The topological polar surface area (TPSA) is 92.4 Å². The molecular formula is C12H22N2O3. The highest BCUT2D eigenvalue weighted by Crippen LogP contribution is 2.17. The molecule has 1 fully saturated rings. The van der Waals surface area contributed by atoms with Crippen LogP contribution in [0.5, 0.6) is 0 Å². The SMILES string of the molecule is CC(CC(=O)O)CC(=O)NC1CCCCC1N. The lowest BCUT2D eigenvalue weighted by atomic mass is 9.90. The average Bonchev–Trinajstić information content (AvgIpc) is 2.19. The predicted octanol–water partition coefficient (Wildman–Crippen LogP) is 0.873. The third kappa shape index (κ3) is 5.17. The maximum absolute atomic E-state index is 11.7. The predicted molar refractivity (Wildman–Crippen MR) is 64.4 cm³/mol. The van der Waals surface area contributed by atoms with E-state index in [0.717, 1.165) is 25.7 Å². The largest absolute Gasteiger partial charge is 0.481 e. The van der Waals surface area contributed by atoms with E-state index in [1.807, 2.05) is 0 Å². The Hall–Kier alpha value is -1.10. The van der Waals surface area contributed by atoms with Crippen LogP contribution in [0.2, 0.25) is 0 Å². The zero-order chi connectivity index (χ0) is 12.8. The van der Waals surface area contributed by atoms with Crippen LogP contribution < -0.4 is 11.1 Å². The number of amides is 1. The van der Waals surface area contributed by atoms with E-state index >= 15 is 0 Å². The zero-order valence-electron chi connectivity index (χ0n) is 10.3. The van der Waals surface area contributed by atoms with Crippen molar-refractivity contribution < 1.29 is 14.7 Å². The number of carbonyl (C=O) groups is 2. The molecule has 17 heavy (non-hydrogen) atoms. The zero-order valence-corrected chi connectivity index (χ0v) is 10.3. The van der Waals surface area contributed by atoms with Crippen molar-refractivity contribution >= 4 is 11.9 Å². The molecule has 0 spiro atoms. The third-order valence-electron chi connectivity index (χ3n) is 3.22. The summed E-state index contributed by atoms with van der Waals surface area (Å²) in [6.07, 6.45) is 4.40. The first kappa shape index (κ1) is 14.0. The minimum Gasteiger partial charge on any atom is -0.481 e. The van der Waals surface area contributed by atoms with E-state index in [1.54, 1.807) is 6.92 Å². The van der Waals surface area contributed by atoms with Crippen molar-refractivity contribution in [2.24, 2.45) is 11.7 Å². The van der Waals surface area contributed by atoms with Gasteiger partial charge >= 0.3 is 5.97 Å². The highest BCUT2D eigenvalue weighted by atomic mass is 16.4. The van der Waals surface area contributed by atoms with Crippen LogP contribution in [-0.4, -0.2) is 29.1 Å². The van der Waals surface area contributed by atoms with Gasteiger partial charge in [-0.1, -0.05) is 19.8 Å². The van der Waals surface area contributed by atoms with Gasteiger partial charge < -0.3 is 16.2 Å². The third-order valence-corrected chi connectivity index (χ3v) is 3.22. The van der Waals surface area contributed by atoms with Crippen molar-refractivity contribution in [3.63, 3.8) is 0 Å². The van der Waals surface area contributed by atoms with E-state index in [9.17, 15) is 9.59 Å². The minimum absolute atomic E-state index is 0.0319. The van der Waals surface area contributed by atoms with Gasteiger partial charge in [0.1, 0.15) is 0 Å². The van der Waals surface area contributed by atoms with E-state index in [1.165, 1.54) is 0 Å². The second kappa shape index (κ2) is 6.59. The van der Waals surface area contributed by atoms with Crippen LogP contribution in [0.4, 0.5) is 0 Å². The summed E-state index contributed by atoms with van der Waals surface area (Å²) in [6, 6.07) is 0.107. The van der Waals surface area contributed by atoms with E-state index in [0.29, 0.717) is 0 Å². The number of hydrogen-bond donors (Lipinski definition) is 3. The summed E-state index contributed by atoms with van der Waals surface area (Å²) in [6.45, 7) is 1.77. The molecule has 3 atom stereocenters. The Morgan fingerprint density at radius 2 is 2.00 bits per heavy atom. The summed E-state index contributed by atoms with van der Waals surface area (Å²) in [4.78, 5) is 22.2. The van der Waals surface area contributed by atoms with E-state index in [2.05, 4.69) is 5.32 Å². The van der Waals surface area contributed by atoms with Gasteiger partial charge in [0, 0.05) is 24.9 Å². The fourth-order valence-corrected chi connectivity index (χ4v) is 2.29. The number of aliphatic carboxylic acids is 1. The van der Waals surface area contributed by atoms with Gasteiger partial charge in [0.05, 0.1) is 0 Å². The molecule has 1 rings (SSSR count). The maximum Gasteiger partial charge on any atom is 0.303 e. The minimum atomic E-state index is -0.861. The number of carboxylic acids is 1. The van der Waals surface area contributed by atoms with Crippen molar-refractivity contribution in [1.29, 1.82) is 0 Å². The Bertz CT molecular complexity index is 281. The maximum atomic E-state index is 11.7. The molecular weight excluding hydrogens is 220 g/mol. The first-order valence-corrected chi connectivity index (χ1v) is 6.25. The van der Waals surface area contributed by atoms with Crippen LogP contribution in [0.3, 0.4) is 0 Å². The standard InChI is InChI=1S/C12H22N2O3/c1-8(7-12(16)17)6-11(15)14-10-5-3-2-4-9(10)13/h8-10H,2-7,13H2,1H3,(H,14,15)(H,16,17).